The van der Waals surface area contributed by atoms with Crippen LogP contribution in [0.5, 0.6) is 5.75 Å². The fourth-order valence-electron chi connectivity index (χ4n) is 3.97. The van der Waals surface area contributed by atoms with Crippen LogP contribution in [0.15, 0.2) is 59.0 Å². The molecule has 35 heavy (non-hydrogen) atoms. The van der Waals surface area contributed by atoms with E-state index in [-0.39, 0.29) is 24.5 Å². The Kier molecular flexibility index (Phi) is 7.87. The normalized spacial score (nSPS) is 13.9. The van der Waals surface area contributed by atoms with Gasteiger partial charge in [-0.1, -0.05) is 36.4 Å². The number of likely N-dealkylation sites (tertiary alicyclic amines) is 1. The summed E-state index contributed by atoms with van der Waals surface area (Å²) in [6.45, 7) is 2.74. The number of nitrogens with one attached hydrogen (secondary N) is 1. The van der Waals surface area contributed by atoms with Crippen molar-refractivity contribution in [3.8, 4) is 5.75 Å². The highest BCUT2D eigenvalue weighted by atomic mass is 16.6. The van der Waals surface area contributed by atoms with Crippen molar-refractivity contribution < 1.29 is 33.0 Å². The fourth-order valence-corrected chi connectivity index (χ4v) is 3.97. The summed E-state index contributed by atoms with van der Waals surface area (Å²) >= 11 is 0. The van der Waals surface area contributed by atoms with Gasteiger partial charge in [-0.15, -0.1) is 0 Å². The summed E-state index contributed by atoms with van der Waals surface area (Å²) in [5, 5.41) is 3.60. The second-order valence-corrected chi connectivity index (χ2v) is 8.11. The molecular weight excluding hydrogens is 452 g/mol. The second kappa shape index (κ2) is 11.4. The predicted molar refractivity (Wildman–Crippen MR) is 127 cm³/mol. The van der Waals surface area contributed by atoms with E-state index < -0.39 is 18.5 Å². The van der Waals surface area contributed by atoms with Crippen molar-refractivity contribution in [2.24, 2.45) is 0 Å². The first-order chi connectivity index (χ1) is 17.0. The molecule has 3 aromatic rings. The third-order valence-electron chi connectivity index (χ3n) is 5.73. The summed E-state index contributed by atoms with van der Waals surface area (Å²) < 4.78 is 21.8. The van der Waals surface area contributed by atoms with E-state index in [0.29, 0.717) is 49.4 Å². The lowest BCUT2D eigenvalue weighted by atomic mass is 10.1. The summed E-state index contributed by atoms with van der Waals surface area (Å²) in [6.07, 6.45) is 0.857. The molecule has 0 atom stereocenters. The highest BCUT2D eigenvalue weighted by Crippen LogP contribution is 2.28. The van der Waals surface area contributed by atoms with Crippen molar-refractivity contribution in [2.45, 2.75) is 32.4 Å². The van der Waals surface area contributed by atoms with Crippen molar-refractivity contribution >= 4 is 28.9 Å². The molecule has 184 valence electrons. The minimum Gasteiger partial charge on any atom is -0.489 e. The highest BCUT2D eigenvalue weighted by molar-refractivity contribution is 5.96. The van der Waals surface area contributed by atoms with Crippen molar-refractivity contribution in [3.05, 3.63) is 65.9 Å². The van der Waals surface area contributed by atoms with E-state index >= 15 is 0 Å². The van der Waals surface area contributed by atoms with E-state index in [2.05, 4.69) is 5.32 Å². The minimum absolute atomic E-state index is 0.0117. The van der Waals surface area contributed by atoms with Crippen molar-refractivity contribution in [3.63, 3.8) is 0 Å². The number of piperidine rings is 1. The average Bonchev–Trinajstić information content (AvgIpc) is 3.26. The monoisotopic (exact) mass is 480 g/mol. The first-order valence-corrected chi connectivity index (χ1v) is 11.6. The first-order valence-electron chi connectivity index (χ1n) is 11.6. The van der Waals surface area contributed by atoms with Crippen LogP contribution in [0.25, 0.3) is 11.0 Å². The Labute approximate surface area is 202 Å². The van der Waals surface area contributed by atoms with E-state index in [1.54, 1.807) is 17.9 Å². The summed E-state index contributed by atoms with van der Waals surface area (Å²) in [7, 11) is 0. The highest BCUT2D eigenvalue weighted by Gasteiger charge is 2.26. The number of hydrogen-bond acceptors (Lipinski definition) is 7. The van der Waals surface area contributed by atoms with Crippen LogP contribution in [0, 0.1) is 0 Å². The van der Waals surface area contributed by atoms with Gasteiger partial charge >= 0.3 is 12.1 Å². The number of para-hydroxylation sites is 2. The van der Waals surface area contributed by atoms with Crippen LogP contribution >= 0.6 is 0 Å². The lowest BCUT2D eigenvalue weighted by molar-refractivity contribution is -0.125. The molecule has 1 fully saturated rings. The van der Waals surface area contributed by atoms with Gasteiger partial charge in [-0.25, -0.2) is 9.59 Å². The number of carbonyl (C=O) groups excluding carboxylic acids is 3. The molecule has 0 spiro atoms. The molecule has 0 bridgehead atoms. The van der Waals surface area contributed by atoms with Crippen molar-refractivity contribution in [1.82, 2.24) is 10.2 Å². The Morgan fingerprint density at radius 3 is 2.46 bits per heavy atom. The van der Waals surface area contributed by atoms with Crippen LogP contribution in [-0.4, -0.2) is 55.2 Å². The predicted octanol–water partition coefficient (Wildman–Crippen LogP) is 3.91. The van der Waals surface area contributed by atoms with Gasteiger partial charge in [0.25, 0.3) is 5.91 Å². The van der Waals surface area contributed by atoms with E-state index in [4.69, 9.17) is 18.6 Å². The zero-order chi connectivity index (χ0) is 24.6. The topological polar surface area (TPSA) is 107 Å². The Balaban J connectivity index is 1.33. The van der Waals surface area contributed by atoms with Crippen LogP contribution in [-0.2, 0) is 20.9 Å². The smallest absolute Gasteiger partial charge is 0.409 e. The molecule has 1 aliphatic heterocycles. The SMILES string of the molecule is CCOC(=O)N1CCC(NC(=O)COC(=O)c2oc3ccccc3c2COc2ccccc2)CC1. The molecule has 9 nitrogen and oxygen atoms in total. The zero-order valence-corrected chi connectivity index (χ0v) is 19.5. The van der Waals surface area contributed by atoms with Crippen LogP contribution in [0.1, 0.15) is 35.9 Å². The number of hydrogen-bond donors (Lipinski definition) is 1. The Morgan fingerprint density at radius 2 is 1.71 bits per heavy atom. The molecule has 2 amide bonds. The summed E-state index contributed by atoms with van der Waals surface area (Å²) in [4.78, 5) is 38.6. The van der Waals surface area contributed by atoms with Crippen LogP contribution in [0.3, 0.4) is 0 Å². The second-order valence-electron chi connectivity index (χ2n) is 8.11. The van der Waals surface area contributed by atoms with Gasteiger partial charge in [0.05, 0.1) is 12.2 Å². The third-order valence-corrected chi connectivity index (χ3v) is 5.73. The maximum atomic E-state index is 12.8. The van der Waals surface area contributed by atoms with Crippen LogP contribution in [0.2, 0.25) is 0 Å². The van der Waals surface area contributed by atoms with E-state index in [1.165, 1.54) is 0 Å². The van der Waals surface area contributed by atoms with Gasteiger partial charge in [0.2, 0.25) is 5.76 Å². The minimum atomic E-state index is -0.736. The summed E-state index contributed by atoms with van der Waals surface area (Å²) in [5.74, 6) is -0.477. The molecule has 0 unspecified atom stereocenters. The van der Waals surface area contributed by atoms with Crippen LogP contribution < -0.4 is 10.1 Å². The first kappa shape index (κ1) is 24.1. The number of fused-ring (bicyclic) bond motifs is 1. The van der Waals surface area contributed by atoms with Gasteiger partial charge in [-0.05, 0) is 38.0 Å². The number of nitrogens with zero attached hydrogens (tertiary/aromatic N) is 1. The van der Waals surface area contributed by atoms with Gasteiger partial charge in [0.1, 0.15) is 17.9 Å². The number of amides is 2. The Morgan fingerprint density at radius 1 is 1.00 bits per heavy atom. The molecule has 0 radical (unpaired) electrons. The quantitative estimate of drug-likeness (QED) is 0.487. The molecular formula is C26H28N2O7. The molecule has 0 aliphatic carbocycles. The average molecular weight is 481 g/mol. The molecule has 2 heterocycles. The standard InChI is InChI=1S/C26H28N2O7/c1-2-32-26(31)28-14-12-18(13-15-28)27-23(29)17-34-25(30)24-21(16-33-19-8-4-3-5-9-19)20-10-6-7-11-22(20)35-24/h3-11,18H,2,12-17H2,1H3,(H,27,29). The molecule has 4 rings (SSSR count). The molecule has 1 aliphatic rings. The number of rotatable bonds is 8. The van der Waals surface area contributed by atoms with E-state index in [1.807, 2.05) is 48.5 Å². The molecule has 1 saturated heterocycles. The van der Waals surface area contributed by atoms with Gasteiger partial charge < -0.3 is 28.8 Å². The molecule has 1 N–H and O–H groups in total. The van der Waals surface area contributed by atoms with Gasteiger partial charge in [0, 0.05) is 24.5 Å². The molecule has 0 saturated carbocycles. The lowest BCUT2D eigenvalue weighted by Crippen LogP contribution is -2.47. The van der Waals surface area contributed by atoms with E-state index in [0.717, 1.165) is 5.39 Å². The van der Waals surface area contributed by atoms with Crippen molar-refractivity contribution in [1.29, 1.82) is 0 Å². The molecule has 1 aromatic heterocycles. The van der Waals surface area contributed by atoms with E-state index in [9.17, 15) is 14.4 Å². The third kappa shape index (κ3) is 6.11. The van der Waals surface area contributed by atoms with Gasteiger partial charge in [-0.2, -0.15) is 0 Å². The maximum absolute atomic E-state index is 12.8. The summed E-state index contributed by atoms with van der Waals surface area (Å²) in [6, 6.07) is 16.4. The summed E-state index contributed by atoms with van der Waals surface area (Å²) in [5.41, 5.74) is 1.09. The Hall–Kier alpha value is -4.01. The zero-order valence-electron chi connectivity index (χ0n) is 19.5. The number of esters is 1. The largest absolute Gasteiger partial charge is 0.489 e. The van der Waals surface area contributed by atoms with Gasteiger partial charge in [0.15, 0.2) is 6.61 Å². The lowest BCUT2D eigenvalue weighted by Gasteiger charge is -2.31. The van der Waals surface area contributed by atoms with Gasteiger partial charge in [-0.3, -0.25) is 4.79 Å². The fraction of sp³-hybridized carbons (Fsp3) is 0.346. The van der Waals surface area contributed by atoms with Crippen LogP contribution in [0.4, 0.5) is 4.79 Å². The molecule has 9 heteroatoms. The number of ether oxygens (including phenoxy) is 3. The number of benzene rings is 2. The number of furan rings is 1. The number of carbonyl (C=O) groups is 3. The Bertz CT molecular complexity index is 1170. The molecule has 2 aromatic carbocycles. The maximum Gasteiger partial charge on any atom is 0.409 e. The van der Waals surface area contributed by atoms with Crippen molar-refractivity contribution in [2.75, 3.05) is 26.3 Å².